The molecule has 0 aliphatic rings. The van der Waals surface area contributed by atoms with Gasteiger partial charge in [0.1, 0.15) is 9.85 Å². The molecule has 0 saturated heterocycles. The Balaban J connectivity index is 3.78. The summed E-state index contributed by atoms with van der Waals surface area (Å²) in [7, 11) is 0. The third-order valence-corrected chi connectivity index (χ3v) is 4.18. The molecule has 0 N–H and O–H groups in total. The van der Waals surface area contributed by atoms with Gasteiger partial charge in [-0.2, -0.15) is 0 Å². The minimum atomic E-state index is -2.81. The first-order chi connectivity index (χ1) is 13.0. The maximum Gasteiger partial charge on any atom is 0.523 e. The van der Waals surface area contributed by atoms with Crippen LogP contribution in [-0.2, 0) is 4.79 Å². The van der Waals surface area contributed by atoms with E-state index in [1.54, 1.807) is 0 Å². The molecule has 7 nitrogen and oxygen atoms in total. The third kappa shape index (κ3) is 11.1. The van der Waals surface area contributed by atoms with Gasteiger partial charge in [0.25, 0.3) is 0 Å². The summed E-state index contributed by atoms with van der Waals surface area (Å²) >= 11 is 0. The molecule has 27 heavy (non-hydrogen) atoms. The molecule has 0 atom stereocenters. The van der Waals surface area contributed by atoms with Gasteiger partial charge in [-0.05, 0) is 44.9 Å². The number of rotatable bonds is 17. The molecule has 0 saturated carbocycles. The minimum Gasteiger partial charge on any atom is -0.273 e. The maximum atomic E-state index is 10.8. The molecule has 0 rings (SSSR count). The molecule has 0 amide bonds. The van der Waals surface area contributed by atoms with Gasteiger partial charge in [-0.25, -0.2) is 0 Å². The largest absolute Gasteiger partial charge is 0.523 e. The topological polar surface area (TPSA) is 103 Å². The number of allylic oxidation sites excluding steroid dienone is 6. The number of hydrogen-bond donors (Lipinski definition) is 0. The maximum absolute atomic E-state index is 10.8. The van der Waals surface area contributed by atoms with Crippen LogP contribution in [0.5, 0.6) is 0 Å². The molecule has 0 spiro atoms. The Labute approximate surface area is 161 Å². The highest BCUT2D eigenvalue weighted by Gasteiger charge is 2.57. The first-order valence-electron chi connectivity index (χ1n) is 9.64. The average molecular weight is 379 g/mol. The van der Waals surface area contributed by atoms with Gasteiger partial charge in [-0.3, -0.25) is 25.0 Å². The first kappa shape index (κ1) is 24.7. The van der Waals surface area contributed by atoms with E-state index in [4.69, 9.17) is 0 Å². The van der Waals surface area contributed by atoms with Gasteiger partial charge in [0.15, 0.2) is 0 Å². The van der Waals surface area contributed by atoms with Crippen LogP contribution in [0.3, 0.4) is 0 Å². The number of unbranched alkanes of at least 4 members (excludes halogenated alkanes) is 6. The van der Waals surface area contributed by atoms with E-state index in [9.17, 15) is 25.0 Å². The number of carbonyl (C=O) groups excluding carboxylic acids is 1. The van der Waals surface area contributed by atoms with Crippen molar-refractivity contribution in [2.75, 3.05) is 0 Å². The number of nitro groups is 2. The Morgan fingerprint density at radius 2 is 1.26 bits per heavy atom. The van der Waals surface area contributed by atoms with Crippen molar-refractivity contribution in [3.8, 4) is 0 Å². The van der Waals surface area contributed by atoms with Crippen LogP contribution in [-0.4, -0.2) is 21.8 Å². The predicted molar refractivity (Wildman–Crippen MR) is 106 cm³/mol. The zero-order valence-corrected chi connectivity index (χ0v) is 16.2. The molecule has 0 aromatic carbocycles. The Morgan fingerprint density at radius 3 is 1.70 bits per heavy atom. The predicted octanol–water partition coefficient (Wildman–Crippen LogP) is 5.33. The van der Waals surface area contributed by atoms with Gasteiger partial charge in [-0.1, -0.05) is 62.6 Å². The van der Waals surface area contributed by atoms with Crippen LogP contribution in [0.2, 0.25) is 0 Å². The lowest BCUT2D eigenvalue weighted by molar-refractivity contribution is -0.772. The van der Waals surface area contributed by atoms with Crippen LogP contribution in [0, 0.1) is 20.2 Å². The Kier molecular flexibility index (Phi) is 14.5. The molecule has 0 aromatic rings. The molecular formula is C20H31N2O5. The highest BCUT2D eigenvalue weighted by atomic mass is 16.7. The van der Waals surface area contributed by atoms with Gasteiger partial charge in [0.05, 0.1) is 6.42 Å². The summed E-state index contributed by atoms with van der Waals surface area (Å²) in [6, 6.07) is 0. The summed E-state index contributed by atoms with van der Waals surface area (Å²) in [5.41, 5.74) is -2.81. The summed E-state index contributed by atoms with van der Waals surface area (Å²) in [6.07, 6.45) is 22.5. The van der Waals surface area contributed by atoms with Crippen LogP contribution < -0.4 is 0 Å². The van der Waals surface area contributed by atoms with Gasteiger partial charge in [-0.15, -0.1) is 0 Å². The summed E-state index contributed by atoms with van der Waals surface area (Å²) in [6.45, 7) is 2.20. The quantitative estimate of drug-likeness (QED) is 0.112. The highest BCUT2D eigenvalue weighted by Crippen LogP contribution is 2.18. The van der Waals surface area contributed by atoms with E-state index in [-0.39, 0.29) is 6.42 Å². The van der Waals surface area contributed by atoms with Crippen molar-refractivity contribution >= 4 is 6.29 Å². The van der Waals surface area contributed by atoms with Gasteiger partial charge in [0.2, 0.25) is 0 Å². The highest BCUT2D eigenvalue weighted by molar-refractivity contribution is 5.59. The zero-order valence-electron chi connectivity index (χ0n) is 16.2. The molecule has 0 heterocycles. The SMILES string of the molecule is CCCCCC=CCC=CCC=CCCCCCC([C]=O)([N+](=O)[O-])[N+](=O)[O-]. The van der Waals surface area contributed by atoms with Crippen molar-refractivity contribution < 1.29 is 14.6 Å². The van der Waals surface area contributed by atoms with Crippen molar-refractivity contribution in [1.29, 1.82) is 0 Å². The van der Waals surface area contributed by atoms with Crippen molar-refractivity contribution in [3.05, 3.63) is 56.7 Å². The first-order valence-corrected chi connectivity index (χ1v) is 9.64. The smallest absolute Gasteiger partial charge is 0.273 e. The second-order valence-electron chi connectivity index (χ2n) is 6.41. The molecule has 7 heteroatoms. The summed E-state index contributed by atoms with van der Waals surface area (Å²) in [5.74, 6) is 0. The monoisotopic (exact) mass is 379 g/mol. The van der Waals surface area contributed by atoms with E-state index in [2.05, 4.69) is 37.3 Å². The molecular weight excluding hydrogens is 348 g/mol. The lowest BCUT2D eigenvalue weighted by Gasteiger charge is -2.09. The molecule has 151 valence electrons. The summed E-state index contributed by atoms with van der Waals surface area (Å²) < 4.78 is 0. The molecule has 0 bridgehead atoms. The Morgan fingerprint density at radius 1 is 0.778 bits per heavy atom. The third-order valence-electron chi connectivity index (χ3n) is 4.18. The van der Waals surface area contributed by atoms with E-state index in [1.807, 2.05) is 6.08 Å². The van der Waals surface area contributed by atoms with Crippen molar-refractivity contribution in [3.63, 3.8) is 0 Å². The van der Waals surface area contributed by atoms with Crippen LogP contribution >= 0.6 is 0 Å². The van der Waals surface area contributed by atoms with E-state index in [1.165, 1.54) is 19.3 Å². The molecule has 0 aromatic heterocycles. The lowest BCUT2D eigenvalue weighted by Crippen LogP contribution is -2.47. The second kappa shape index (κ2) is 15.9. The summed E-state index contributed by atoms with van der Waals surface area (Å²) in [5, 5.41) is 21.5. The van der Waals surface area contributed by atoms with Crippen LogP contribution in [0.4, 0.5) is 0 Å². The fourth-order valence-corrected chi connectivity index (χ4v) is 2.48. The van der Waals surface area contributed by atoms with E-state index in [0.29, 0.717) is 6.42 Å². The normalized spacial score (nSPS) is 12.3. The van der Waals surface area contributed by atoms with Gasteiger partial charge < -0.3 is 0 Å². The van der Waals surface area contributed by atoms with E-state index >= 15 is 0 Å². The molecule has 0 unspecified atom stereocenters. The number of nitrogens with zero attached hydrogens (tertiary/aromatic N) is 2. The number of hydrogen-bond acceptors (Lipinski definition) is 5. The lowest BCUT2D eigenvalue weighted by atomic mass is 10.0. The van der Waals surface area contributed by atoms with E-state index < -0.39 is 21.9 Å². The van der Waals surface area contributed by atoms with Crippen LogP contribution in [0.15, 0.2) is 36.5 Å². The van der Waals surface area contributed by atoms with Crippen LogP contribution in [0.1, 0.15) is 77.6 Å². The van der Waals surface area contributed by atoms with Crippen molar-refractivity contribution in [2.24, 2.45) is 0 Å². The standard InChI is InChI=1S/C20H31N2O5/c1-2-3-4-5-6-7-8-9-10-11-12-13-14-15-16-17-18-20(19-23,21(24)25)22(26)27/h6-7,9-10,12-13H,2-5,8,11,14-18H2,1H3. The second-order valence-corrected chi connectivity index (χ2v) is 6.41. The van der Waals surface area contributed by atoms with Crippen molar-refractivity contribution in [1.82, 2.24) is 0 Å². The molecule has 0 aliphatic carbocycles. The Bertz CT molecular complexity index is 512. The fraction of sp³-hybridized carbons (Fsp3) is 0.650. The molecule has 0 fully saturated rings. The van der Waals surface area contributed by atoms with Crippen LogP contribution in [0.25, 0.3) is 0 Å². The zero-order chi connectivity index (χ0) is 20.4. The van der Waals surface area contributed by atoms with E-state index in [0.717, 1.165) is 38.4 Å². The summed E-state index contributed by atoms with van der Waals surface area (Å²) in [4.78, 5) is 29.9. The molecule has 1 radical (unpaired) electrons. The Hall–Kier alpha value is -2.31. The minimum absolute atomic E-state index is 0.246. The molecule has 0 aliphatic heterocycles. The van der Waals surface area contributed by atoms with Gasteiger partial charge in [0, 0.05) is 0 Å². The van der Waals surface area contributed by atoms with Crippen molar-refractivity contribution in [2.45, 2.75) is 83.2 Å². The van der Waals surface area contributed by atoms with Gasteiger partial charge >= 0.3 is 11.9 Å². The average Bonchev–Trinajstić information content (AvgIpc) is 2.64. The fourth-order valence-electron chi connectivity index (χ4n) is 2.48.